The van der Waals surface area contributed by atoms with Gasteiger partial charge >= 0.3 is 0 Å². The highest BCUT2D eigenvalue weighted by molar-refractivity contribution is 6.07. The Labute approximate surface area is 175 Å². The van der Waals surface area contributed by atoms with Crippen molar-refractivity contribution in [2.24, 2.45) is 0 Å². The van der Waals surface area contributed by atoms with E-state index in [9.17, 15) is 9.59 Å². The number of rotatable bonds is 2. The molecule has 0 aliphatic carbocycles. The van der Waals surface area contributed by atoms with Crippen LogP contribution in [0.3, 0.4) is 0 Å². The maximum Gasteiger partial charge on any atom is 0.254 e. The van der Waals surface area contributed by atoms with E-state index in [4.69, 9.17) is 4.74 Å². The summed E-state index contributed by atoms with van der Waals surface area (Å²) in [6.07, 6.45) is 1.91. The largest absolute Gasteiger partial charge is 0.488 e. The Morgan fingerprint density at radius 1 is 0.733 bits per heavy atom. The Hall–Kier alpha value is -3.60. The molecule has 0 N–H and O–H groups in total. The first-order valence-electron chi connectivity index (χ1n) is 10.2. The predicted octanol–water partition coefficient (Wildman–Crippen LogP) is 3.60. The first-order chi connectivity index (χ1) is 14.7. The molecule has 0 saturated carbocycles. The van der Waals surface area contributed by atoms with Crippen LogP contribution in [0.25, 0.3) is 16.8 Å². The molecule has 3 aromatic carbocycles. The number of piperazine rings is 1. The van der Waals surface area contributed by atoms with E-state index < -0.39 is 0 Å². The van der Waals surface area contributed by atoms with Crippen LogP contribution in [-0.2, 0) is 4.79 Å². The highest BCUT2D eigenvalue weighted by Gasteiger charge is 2.28. The zero-order valence-corrected chi connectivity index (χ0v) is 16.6. The van der Waals surface area contributed by atoms with Gasteiger partial charge in [0.05, 0.1) is 5.57 Å². The standard InChI is InChI=1S/C25H22N2O3/c28-24(20-16-19-7-2-4-11-23(19)30-17-20)26-12-14-27(15-13-26)25(29)22-10-5-8-18-6-1-3-9-21(18)22/h1-11,16H,12-15,17H2. The van der Waals surface area contributed by atoms with E-state index in [1.807, 2.05) is 82.6 Å². The lowest BCUT2D eigenvalue weighted by molar-refractivity contribution is -0.128. The number of fused-ring (bicyclic) bond motifs is 2. The van der Waals surface area contributed by atoms with E-state index in [2.05, 4.69) is 0 Å². The summed E-state index contributed by atoms with van der Waals surface area (Å²) < 4.78 is 5.73. The summed E-state index contributed by atoms with van der Waals surface area (Å²) in [5.74, 6) is 0.814. The van der Waals surface area contributed by atoms with Crippen molar-refractivity contribution in [3.63, 3.8) is 0 Å². The third kappa shape index (κ3) is 3.32. The number of benzene rings is 3. The molecular formula is C25H22N2O3. The minimum atomic E-state index is -0.0123. The topological polar surface area (TPSA) is 49.9 Å². The third-order valence-electron chi connectivity index (χ3n) is 5.78. The van der Waals surface area contributed by atoms with Crippen LogP contribution >= 0.6 is 0 Å². The summed E-state index contributed by atoms with van der Waals surface area (Å²) in [6.45, 7) is 2.38. The molecule has 0 bridgehead atoms. The first-order valence-corrected chi connectivity index (χ1v) is 10.2. The van der Waals surface area contributed by atoms with Crippen molar-refractivity contribution in [2.75, 3.05) is 32.8 Å². The molecule has 0 atom stereocenters. The number of carbonyl (C=O) groups is 2. The summed E-state index contributed by atoms with van der Waals surface area (Å²) in [5.41, 5.74) is 2.30. The van der Waals surface area contributed by atoms with Crippen molar-refractivity contribution in [2.45, 2.75) is 0 Å². The molecular weight excluding hydrogens is 376 g/mol. The summed E-state index contributed by atoms with van der Waals surface area (Å²) in [5, 5.41) is 2.02. The normalized spacial score (nSPS) is 15.9. The maximum absolute atomic E-state index is 13.1. The Bertz CT molecular complexity index is 1150. The molecule has 5 nitrogen and oxygen atoms in total. The van der Waals surface area contributed by atoms with Crippen LogP contribution in [0.1, 0.15) is 15.9 Å². The molecule has 1 fully saturated rings. The van der Waals surface area contributed by atoms with E-state index in [0.29, 0.717) is 37.3 Å². The second kappa shape index (κ2) is 7.67. The van der Waals surface area contributed by atoms with Gasteiger partial charge in [-0.2, -0.15) is 0 Å². The lowest BCUT2D eigenvalue weighted by atomic mass is 10.0. The fourth-order valence-electron chi connectivity index (χ4n) is 4.14. The smallest absolute Gasteiger partial charge is 0.254 e. The van der Waals surface area contributed by atoms with E-state index in [0.717, 1.165) is 22.1 Å². The van der Waals surface area contributed by atoms with Crippen molar-refractivity contribution in [1.82, 2.24) is 9.80 Å². The highest BCUT2D eigenvalue weighted by Crippen LogP contribution is 2.27. The van der Waals surface area contributed by atoms with Gasteiger partial charge in [-0.25, -0.2) is 0 Å². The lowest BCUT2D eigenvalue weighted by Crippen LogP contribution is -2.51. The molecule has 2 heterocycles. The van der Waals surface area contributed by atoms with Crippen LogP contribution in [0.5, 0.6) is 5.75 Å². The Balaban J connectivity index is 1.28. The van der Waals surface area contributed by atoms with Gasteiger partial charge in [-0.3, -0.25) is 9.59 Å². The van der Waals surface area contributed by atoms with Gasteiger partial charge in [0.25, 0.3) is 11.8 Å². The summed E-state index contributed by atoms with van der Waals surface area (Å²) >= 11 is 0. The van der Waals surface area contributed by atoms with E-state index >= 15 is 0 Å². The van der Waals surface area contributed by atoms with Gasteiger partial charge in [0.2, 0.25) is 0 Å². The third-order valence-corrected chi connectivity index (χ3v) is 5.78. The van der Waals surface area contributed by atoms with Crippen LogP contribution in [0.2, 0.25) is 0 Å². The molecule has 0 spiro atoms. The molecule has 1 saturated heterocycles. The van der Waals surface area contributed by atoms with Crippen molar-refractivity contribution in [3.05, 3.63) is 83.4 Å². The Kier molecular flexibility index (Phi) is 4.71. The minimum Gasteiger partial charge on any atom is -0.488 e. The molecule has 0 aromatic heterocycles. The molecule has 0 unspecified atom stereocenters. The SMILES string of the molecule is O=C(C1=Cc2ccccc2OC1)N1CCN(C(=O)c2cccc3ccccc23)CC1. The number of para-hydroxylation sites is 1. The van der Waals surface area contributed by atoms with Gasteiger partial charge < -0.3 is 14.5 Å². The van der Waals surface area contributed by atoms with Gasteiger partial charge in [-0.15, -0.1) is 0 Å². The first kappa shape index (κ1) is 18.4. The van der Waals surface area contributed by atoms with E-state index in [1.54, 1.807) is 0 Å². The van der Waals surface area contributed by atoms with E-state index in [1.165, 1.54) is 0 Å². The molecule has 150 valence electrons. The molecule has 30 heavy (non-hydrogen) atoms. The average Bonchev–Trinajstić information content (AvgIpc) is 2.82. The van der Waals surface area contributed by atoms with Crippen molar-refractivity contribution >= 4 is 28.7 Å². The van der Waals surface area contributed by atoms with Crippen LogP contribution < -0.4 is 4.74 Å². The lowest BCUT2D eigenvalue weighted by Gasteiger charge is -2.35. The van der Waals surface area contributed by atoms with Crippen molar-refractivity contribution in [1.29, 1.82) is 0 Å². The van der Waals surface area contributed by atoms with Gasteiger partial charge in [0.1, 0.15) is 12.4 Å². The zero-order chi connectivity index (χ0) is 20.5. The number of ether oxygens (including phenoxy) is 1. The fourth-order valence-corrected chi connectivity index (χ4v) is 4.14. The van der Waals surface area contributed by atoms with Crippen LogP contribution in [0.4, 0.5) is 0 Å². The van der Waals surface area contributed by atoms with Crippen LogP contribution in [0, 0.1) is 0 Å². The highest BCUT2D eigenvalue weighted by atomic mass is 16.5. The Morgan fingerprint density at radius 2 is 1.40 bits per heavy atom. The quantitative estimate of drug-likeness (QED) is 0.663. The van der Waals surface area contributed by atoms with Crippen LogP contribution in [0.15, 0.2) is 72.3 Å². The molecule has 2 amide bonds. The van der Waals surface area contributed by atoms with Gasteiger partial charge in [-0.05, 0) is 29.0 Å². The van der Waals surface area contributed by atoms with Crippen molar-refractivity contribution in [3.8, 4) is 5.75 Å². The molecule has 0 radical (unpaired) electrons. The number of carbonyl (C=O) groups excluding carboxylic acids is 2. The molecule has 5 rings (SSSR count). The van der Waals surface area contributed by atoms with Crippen LogP contribution in [-0.4, -0.2) is 54.4 Å². The molecule has 2 aliphatic rings. The molecule has 2 aliphatic heterocycles. The number of hydrogen-bond donors (Lipinski definition) is 0. The zero-order valence-electron chi connectivity index (χ0n) is 16.6. The summed E-state index contributed by atoms with van der Waals surface area (Å²) in [4.78, 5) is 29.7. The maximum atomic E-state index is 13.1. The minimum absolute atomic E-state index is 0.0123. The number of hydrogen-bond acceptors (Lipinski definition) is 3. The van der Waals surface area contributed by atoms with Gasteiger partial charge in [-0.1, -0.05) is 54.6 Å². The predicted molar refractivity (Wildman–Crippen MR) is 116 cm³/mol. The van der Waals surface area contributed by atoms with Crippen molar-refractivity contribution < 1.29 is 14.3 Å². The second-order valence-electron chi connectivity index (χ2n) is 7.61. The summed E-state index contributed by atoms with van der Waals surface area (Å²) in [6, 6.07) is 21.4. The summed E-state index contributed by atoms with van der Waals surface area (Å²) in [7, 11) is 0. The van der Waals surface area contributed by atoms with E-state index in [-0.39, 0.29) is 18.4 Å². The average molecular weight is 398 g/mol. The fraction of sp³-hybridized carbons (Fsp3) is 0.200. The Morgan fingerprint density at radius 3 is 2.23 bits per heavy atom. The van der Waals surface area contributed by atoms with Gasteiger partial charge in [0, 0.05) is 37.3 Å². The molecule has 5 heteroatoms. The second-order valence-corrected chi connectivity index (χ2v) is 7.61. The number of amides is 2. The molecule has 3 aromatic rings. The van der Waals surface area contributed by atoms with Gasteiger partial charge in [0.15, 0.2) is 0 Å². The number of nitrogens with zero attached hydrogens (tertiary/aromatic N) is 2. The monoisotopic (exact) mass is 398 g/mol.